The van der Waals surface area contributed by atoms with Crippen molar-refractivity contribution in [3.05, 3.63) is 149 Å². The third kappa shape index (κ3) is 10.5. The minimum absolute atomic E-state index is 0.0202. The minimum atomic E-state index is -1.40. The smallest absolute Gasteiger partial charge is 0.326 e. The SMILES string of the molecule is C=C(c1cccs1)C1NC(=O)C(Cc2ccc(-c3ccccc3)cc2)NC(=O)C(CCc2ccncc2)NC(=O)COc2ccc(cc2)CC(C(=O)O)NC1=O. The molecule has 2 aliphatic rings. The molecule has 0 fully saturated rings. The van der Waals surface area contributed by atoms with Crippen LogP contribution in [0.25, 0.3) is 16.7 Å². The van der Waals surface area contributed by atoms with Gasteiger partial charge < -0.3 is 31.1 Å². The lowest BCUT2D eigenvalue weighted by molar-refractivity contribution is -0.142. The molecule has 56 heavy (non-hydrogen) atoms. The molecule has 5 N–H and O–H groups in total. The highest BCUT2D eigenvalue weighted by molar-refractivity contribution is 7.11. The molecule has 0 saturated heterocycles. The lowest BCUT2D eigenvalue weighted by Gasteiger charge is -2.27. The first kappa shape index (κ1) is 39.1. The number of benzene rings is 3. The van der Waals surface area contributed by atoms with Gasteiger partial charge in [-0.2, -0.15) is 0 Å². The summed E-state index contributed by atoms with van der Waals surface area (Å²) in [6.45, 7) is 3.71. The number of nitrogens with one attached hydrogen (secondary N) is 4. The van der Waals surface area contributed by atoms with Gasteiger partial charge in [-0.15, -0.1) is 11.3 Å². The average Bonchev–Trinajstić information content (AvgIpc) is 3.76. The third-order valence-electron chi connectivity index (χ3n) is 9.34. The number of carbonyl (C=O) groups is 5. The van der Waals surface area contributed by atoms with Crippen LogP contribution in [0, 0.1) is 0 Å². The largest absolute Gasteiger partial charge is 0.484 e. The first-order valence-electron chi connectivity index (χ1n) is 18.0. The van der Waals surface area contributed by atoms with E-state index in [1.54, 1.807) is 54.2 Å². The summed E-state index contributed by atoms with van der Waals surface area (Å²) >= 11 is 1.30. The average molecular weight is 772 g/mol. The maximum absolute atomic E-state index is 14.4. The molecular weight excluding hydrogens is 731 g/mol. The fraction of sp³-hybridized carbons (Fsp3) is 0.209. The molecule has 4 unspecified atom stereocenters. The van der Waals surface area contributed by atoms with E-state index >= 15 is 0 Å². The Labute approximate surface area is 328 Å². The molecule has 0 spiro atoms. The van der Waals surface area contributed by atoms with Crippen molar-refractivity contribution in [2.75, 3.05) is 6.61 Å². The summed E-state index contributed by atoms with van der Waals surface area (Å²) in [5.74, 6) is -3.63. The summed E-state index contributed by atoms with van der Waals surface area (Å²) in [6.07, 6.45) is 3.81. The molecule has 13 heteroatoms. The van der Waals surface area contributed by atoms with Gasteiger partial charge in [-0.1, -0.05) is 79.4 Å². The monoisotopic (exact) mass is 771 g/mol. The predicted octanol–water partition coefficient (Wildman–Crippen LogP) is 4.36. The van der Waals surface area contributed by atoms with Crippen molar-refractivity contribution in [2.45, 2.75) is 49.9 Å². The molecular formula is C43H41N5O7S. The molecule has 3 aromatic carbocycles. The summed E-state index contributed by atoms with van der Waals surface area (Å²) in [5, 5.41) is 22.9. The number of carboxylic acids is 1. The van der Waals surface area contributed by atoms with E-state index in [1.807, 2.05) is 66.7 Å². The molecule has 4 amide bonds. The normalized spacial score (nSPS) is 19.5. The number of rotatable bonds is 9. The highest BCUT2D eigenvalue weighted by Gasteiger charge is 2.33. The van der Waals surface area contributed by atoms with Crippen molar-refractivity contribution in [3.63, 3.8) is 0 Å². The number of aliphatic carboxylic acids is 1. The van der Waals surface area contributed by atoms with Gasteiger partial charge in [0, 0.05) is 30.1 Å². The second-order valence-corrected chi connectivity index (χ2v) is 14.3. The van der Waals surface area contributed by atoms with Gasteiger partial charge in [0.05, 0.1) is 0 Å². The summed E-state index contributed by atoms with van der Waals surface area (Å²) in [7, 11) is 0. The topological polar surface area (TPSA) is 176 Å². The van der Waals surface area contributed by atoms with Crippen molar-refractivity contribution < 1.29 is 33.8 Å². The Balaban J connectivity index is 1.35. The number of nitrogens with zero attached hydrogens (tertiary/aromatic N) is 1. The Hall–Kier alpha value is -6.60. The molecule has 7 rings (SSSR count). The number of amides is 4. The van der Waals surface area contributed by atoms with Crippen LogP contribution in [0.5, 0.6) is 5.75 Å². The van der Waals surface area contributed by atoms with Gasteiger partial charge in [0.2, 0.25) is 17.7 Å². The lowest BCUT2D eigenvalue weighted by Crippen LogP contribution is -2.58. The minimum Gasteiger partial charge on any atom is -0.484 e. The van der Waals surface area contributed by atoms with Gasteiger partial charge in [0.15, 0.2) is 6.61 Å². The van der Waals surface area contributed by atoms with Crippen molar-refractivity contribution >= 4 is 46.5 Å². The Bertz CT molecular complexity index is 2140. The number of carbonyl (C=O) groups excluding carboxylic acids is 4. The Morgan fingerprint density at radius 3 is 2.12 bits per heavy atom. The zero-order valence-electron chi connectivity index (χ0n) is 30.4. The highest BCUT2D eigenvalue weighted by atomic mass is 32.1. The van der Waals surface area contributed by atoms with Crippen LogP contribution in [0.1, 0.15) is 28.0 Å². The number of fused-ring (bicyclic) bond motifs is 16. The quantitative estimate of drug-likeness (QED) is 0.138. The van der Waals surface area contributed by atoms with Crippen LogP contribution >= 0.6 is 11.3 Å². The maximum atomic E-state index is 14.4. The second kappa shape index (κ2) is 18.6. The molecule has 286 valence electrons. The molecule has 0 radical (unpaired) electrons. The van der Waals surface area contributed by atoms with E-state index in [4.69, 9.17) is 4.74 Å². The van der Waals surface area contributed by atoms with Crippen LogP contribution in [0.2, 0.25) is 0 Å². The van der Waals surface area contributed by atoms with Crippen LogP contribution in [0.4, 0.5) is 0 Å². The van der Waals surface area contributed by atoms with Crippen LogP contribution in [0.3, 0.4) is 0 Å². The van der Waals surface area contributed by atoms with E-state index in [-0.39, 0.29) is 24.8 Å². The van der Waals surface area contributed by atoms with Crippen molar-refractivity contribution in [1.82, 2.24) is 26.3 Å². The van der Waals surface area contributed by atoms with Gasteiger partial charge in [0.25, 0.3) is 5.91 Å². The van der Waals surface area contributed by atoms with Crippen LogP contribution in [-0.2, 0) is 43.2 Å². The molecule has 4 heterocycles. The predicted molar refractivity (Wildman–Crippen MR) is 212 cm³/mol. The first-order valence-corrected chi connectivity index (χ1v) is 18.9. The van der Waals surface area contributed by atoms with Crippen molar-refractivity contribution in [2.24, 2.45) is 0 Å². The molecule has 2 bridgehead atoms. The molecule has 4 atom stereocenters. The fourth-order valence-electron chi connectivity index (χ4n) is 6.27. The van der Waals surface area contributed by atoms with Crippen LogP contribution < -0.4 is 26.0 Å². The van der Waals surface area contributed by atoms with Gasteiger partial charge in [-0.25, -0.2) is 4.79 Å². The molecule has 0 saturated carbocycles. The molecule has 0 aliphatic carbocycles. The number of carboxylic acid groups (broad SMARTS) is 1. The number of aryl methyl sites for hydroxylation is 1. The third-order valence-corrected chi connectivity index (χ3v) is 10.3. The summed E-state index contributed by atoms with van der Waals surface area (Å²) in [6, 6.07) is 25.8. The van der Waals surface area contributed by atoms with Gasteiger partial charge >= 0.3 is 5.97 Å². The molecule has 2 aromatic heterocycles. The second-order valence-electron chi connectivity index (χ2n) is 13.3. The van der Waals surface area contributed by atoms with Gasteiger partial charge in [0.1, 0.15) is 29.9 Å². The lowest BCUT2D eigenvalue weighted by atomic mass is 9.98. The van der Waals surface area contributed by atoms with Crippen molar-refractivity contribution in [3.8, 4) is 16.9 Å². The fourth-order valence-corrected chi connectivity index (χ4v) is 7.00. The standard InChI is InChI=1S/C43H41N5O7S/c1-27(37-8-5-23-56-37)39-42(52)47-36(43(53)54)25-30-11-16-33(17-12-30)55-26-38(49)45-34(18-13-28-19-21-44-22-20-28)40(50)46-35(41(51)48-39)24-29-9-14-32(15-10-29)31-6-3-2-4-7-31/h2-12,14-17,19-23,34-36,39H,1,13,18,24-26H2,(H,45,49)(H,46,50)(H,47,52)(H,48,51)(H,53,54). The number of pyridine rings is 1. The Morgan fingerprint density at radius 2 is 1.45 bits per heavy atom. The first-order chi connectivity index (χ1) is 27.1. The number of hydrogen-bond acceptors (Lipinski definition) is 8. The van der Waals surface area contributed by atoms with Crippen molar-refractivity contribution in [1.29, 1.82) is 0 Å². The van der Waals surface area contributed by atoms with E-state index in [1.165, 1.54) is 11.3 Å². The van der Waals surface area contributed by atoms with E-state index in [2.05, 4.69) is 32.8 Å². The number of thiophene rings is 1. The summed E-state index contributed by atoms with van der Waals surface area (Å²) < 4.78 is 5.70. The highest BCUT2D eigenvalue weighted by Crippen LogP contribution is 2.24. The van der Waals surface area contributed by atoms with E-state index in [0.29, 0.717) is 28.2 Å². The number of ether oxygens (including phenoxy) is 1. The molecule has 12 nitrogen and oxygen atoms in total. The number of aromatic nitrogens is 1. The molecule has 2 aliphatic heterocycles. The number of hydrogen-bond donors (Lipinski definition) is 5. The van der Waals surface area contributed by atoms with Crippen LogP contribution in [-0.4, -0.2) is 70.5 Å². The van der Waals surface area contributed by atoms with E-state index < -0.39 is 60.4 Å². The van der Waals surface area contributed by atoms with Gasteiger partial charge in [-0.3, -0.25) is 24.2 Å². The zero-order chi connectivity index (χ0) is 39.4. The van der Waals surface area contributed by atoms with E-state index in [0.717, 1.165) is 16.7 Å². The zero-order valence-corrected chi connectivity index (χ0v) is 31.2. The maximum Gasteiger partial charge on any atom is 0.326 e. The summed E-state index contributed by atoms with van der Waals surface area (Å²) in [4.78, 5) is 72.9. The Kier molecular flexibility index (Phi) is 13.0. The summed E-state index contributed by atoms with van der Waals surface area (Å²) in [5.41, 5.74) is 4.38. The Morgan fingerprint density at radius 1 is 0.750 bits per heavy atom. The van der Waals surface area contributed by atoms with Crippen LogP contribution in [0.15, 0.2) is 127 Å². The van der Waals surface area contributed by atoms with E-state index in [9.17, 15) is 29.1 Å². The molecule has 5 aromatic rings. The van der Waals surface area contributed by atoms with Gasteiger partial charge in [-0.05, 0) is 81.9 Å².